The number of aryl methyl sites for hydroxylation is 1. The van der Waals surface area contributed by atoms with Crippen molar-refractivity contribution in [2.24, 2.45) is 0 Å². The quantitative estimate of drug-likeness (QED) is 0.719. The van der Waals surface area contributed by atoms with Gasteiger partial charge < -0.3 is 5.32 Å². The topological polar surface area (TPSA) is 12.0 Å². The lowest BCUT2D eigenvalue weighted by atomic mass is 10.0. The van der Waals surface area contributed by atoms with Gasteiger partial charge in [-0.3, -0.25) is 0 Å². The van der Waals surface area contributed by atoms with Crippen LogP contribution >= 0.6 is 27.5 Å². The molecule has 3 heteroatoms. The maximum Gasteiger partial charge on any atom is 0.0406 e. The lowest BCUT2D eigenvalue weighted by Crippen LogP contribution is -2.24. The van der Waals surface area contributed by atoms with Crippen molar-refractivity contribution in [2.45, 2.75) is 38.3 Å². The summed E-state index contributed by atoms with van der Waals surface area (Å²) in [6, 6.07) is 15.7. The molecule has 0 aliphatic heterocycles. The number of nitrogens with one attached hydrogen (secondary N) is 1. The van der Waals surface area contributed by atoms with Gasteiger partial charge in [-0.15, -0.1) is 0 Å². The first kappa shape index (κ1) is 15.1. The van der Waals surface area contributed by atoms with Crippen LogP contribution in [0.3, 0.4) is 0 Å². The Hall–Kier alpha value is -0.830. The molecule has 1 nitrogen and oxygen atoms in total. The van der Waals surface area contributed by atoms with Crippen LogP contribution in [0.2, 0.25) is 5.02 Å². The molecule has 0 radical (unpaired) electrons. The summed E-state index contributed by atoms with van der Waals surface area (Å²) in [7, 11) is 0. The first-order valence-electron chi connectivity index (χ1n) is 7.47. The Balaban J connectivity index is 1.78. The van der Waals surface area contributed by atoms with Gasteiger partial charge in [0.15, 0.2) is 0 Å². The van der Waals surface area contributed by atoms with Crippen molar-refractivity contribution in [2.75, 3.05) is 0 Å². The van der Waals surface area contributed by atoms with E-state index in [-0.39, 0.29) is 0 Å². The Morgan fingerprint density at radius 1 is 1.24 bits per heavy atom. The van der Waals surface area contributed by atoms with Gasteiger partial charge in [0.25, 0.3) is 0 Å². The fraction of sp³-hybridized carbons (Fsp3) is 0.333. The average molecular weight is 365 g/mol. The van der Waals surface area contributed by atoms with Crippen molar-refractivity contribution < 1.29 is 0 Å². The van der Waals surface area contributed by atoms with Crippen LogP contribution in [0.25, 0.3) is 0 Å². The van der Waals surface area contributed by atoms with E-state index in [0.717, 1.165) is 17.9 Å². The highest BCUT2D eigenvalue weighted by Crippen LogP contribution is 2.35. The van der Waals surface area contributed by atoms with Crippen LogP contribution < -0.4 is 5.32 Å². The smallest absolute Gasteiger partial charge is 0.0406 e. The van der Waals surface area contributed by atoms with Crippen LogP contribution in [0.5, 0.6) is 0 Å². The number of hydrogen-bond donors (Lipinski definition) is 1. The predicted molar refractivity (Wildman–Crippen MR) is 92.8 cm³/mol. The lowest BCUT2D eigenvalue weighted by molar-refractivity contribution is 0.433. The van der Waals surface area contributed by atoms with Crippen molar-refractivity contribution in [1.29, 1.82) is 0 Å². The summed E-state index contributed by atoms with van der Waals surface area (Å²) < 4.78 is 1.17. The molecule has 0 fully saturated rings. The second kappa shape index (κ2) is 6.51. The second-order valence-electron chi connectivity index (χ2n) is 5.61. The third-order valence-electron chi connectivity index (χ3n) is 4.27. The van der Waals surface area contributed by atoms with Crippen molar-refractivity contribution in [3.05, 3.63) is 68.7 Å². The van der Waals surface area contributed by atoms with Crippen LogP contribution in [0.4, 0.5) is 0 Å². The predicted octanol–water partition coefficient (Wildman–Crippen LogP) is 5.83. The molecule has 2 unspecified atom stereocenters. The first-order chi connectivity index (χ1) is 10.2. The summed E-state index contributed by atoms with van der Waals surface area (Å²) in [6.07, 6.45) is 3.41. The van der Waals surface area contributed by atoms with Crippen LogP contribution in [-0.4, -0.2) is 0 Å². The molecule has 21 heavy (non-hydrogen) atoms. The average Bonchev–Trinajstić information content (AvgIpc) is 2.88. The van der Waals surface area contributed by atoms with Crippen molar-refractivity contribution >= 4 is 27.5 Å². The minimum absolute atomic E-state index is 0.377. The molecule has 0 amide bonds. The lowest BCUT2D eigenvalue weighted by Gasteiger charge is -2.23. The van der Waals surface area contributed by atoms with Gasteiger partial charge in [-0.2, -0.15) is 0 Å². The van der Waals surface area contributed by atoms with Gasteiger partial charge in [-0.1, -0.05) is 52.7 Å². The van der Waals surface area contributed by atoms with E-state index in [0.29, 0.717) is 12.1 Å². The second-order valence-corrected chi connectivity index (χ2v) is 6.97. The van der Waals surface area contributed by atoms with Gasteiger partial charge in [0.1, 0.15) is 0 Å². The molecular formula is C18H19BrClN. The number of benzene rings is 2. The Morgan fingerprint density at radius 3 is 2.71 bits per heavy atom. The van der Waals surface area contributed by atoms with E-state index in [4.69, 9.17) is 11.6 Å². The number of halogens is 2. The molecule has 2 aromatic rings. The van der Waals surface area contributed by atoms with Crippen LogP contribution in [0.15, 0.2) is 46.9 Å². The van der Waals surface area contributed by atoms with Crippen LogP contribution in [0, 0.1) is 0 Å². The molecule has 0 heterocycles. The Labute approximate surface area is 139 Å². The zero-order valence-corrected chi connectivity index (χ0v) is 14.4. The van der Waals surface area contributed by atoms with Crippen molar-refractivity contribution in [1.82, 2.24) is 5.32 Å². The molecule has 110 valence electrons. The molecule has 0 spiro atoms. The summed E-state index contributed by atoms with van der Waals surface area (Å²) in [5, 5.41) is 4.61. The fourth-order valence-corrected chi connectivity index (χ4v) is 3.68. The molecule has 0 aromatic heterocycles. The molecule has 2 aromatic carbocycles. The largest absolute Gasteiger partial charge is 0.303 e. The Morgan fingerprint density at radius 2 is 2.00 bits per heavy atom. The van der Waals surface area contributed by atoms with E-state index in [1.165, 1.54) is 27.6 Å². The van der Waals surface area contributed by atoms with Gasteiger partial charge in [-0.25, -0.2) is 0 Å². The molecule has 1 aliphatic carbocycles. The minimum atomic E-state index is 0.377. The van der Waals surface area contributed by atoms with E-state index in [1.807, 2.05) is 12.1 Å². The molecule has 3 rings (SSSR count). The Bertz CT molecular complexity index is 624. The molecule has 1 aliphatic rings. The highest BCUT2D eigenvalue weighted by atomic mass is 79.9. The summed E-state index contributed by atoms with van der Waals surface area (Å²) in [6.45, 7) is 2.23. The van der Waals surface area contributed by atoms with Gasteiger partial charge in [-0.05, 0) is 60.2 Å². The van der Waals surface area contributed by atoms with Gasteiger partial charge in [0.05, 0.1) is 0 Å². The van der Waals surface area contributed by atoms with Gasteiger partial charge in [0, 0.05) is 21.6 Å². The SMILES string of the molecule is CCC(NC1CCc2cc(Br)ccc21)c1ccc(Cl)cc1. The van der Waals surface area contributed by atoms with Crippen LogP contribution in [0.1, 0.15) is 48.5 Å². The summed E-state index contributed by atoms with van der Waals surface area (Å²) in [4.78, 5) is 0. The number of hydrogen-bond acceptors (Lipinski definition) is 1. The molecule has 0 saturated heterocycles. The summed E-state index contributed by atoms with van der Waals surface area (Å²) in [5.74, 6) is 0. The van der Waals surface area contributed by atoms with E-state index in [1.54, 1.807) is 0 Å². The maximum absolute atomic E-state index is 5.99. The molecule has 1 N–H and O–H groups in total. The number of fused-ring (bicyclic) bond motifs is 1. The highest BCUT2D eigenvalue weighted by molar-refractivity contribution is 9.10. The van der Waals surface area contributed by atoms with E-state index in [2.05, 4.69) is 58.5 Å². The van der Waals surface area contributed by atoms with Gasteiger partial charge >= 0.3 is 0 Å². The van der Waals surface area contributed by atoms with Crippen LogP contribution in [-0.2, 0) is 6.42 Å². The summed E-state index contributed by atoms with van der Waals surface area (Å²) >= 11 is 9.55. The fourth-order valence-electron chi connectivity index (χ4n) is 3.15. The van der Waals surface area contributed by atoms with E-state index < -0.39 is 0 Å². The third-order valence-corrected chi connectivity index (χ3v) is 5.01. The normalized spacial score (nSPS) is 18.5. The third kappa shape index (κ3) is 3.33. The zero-order valence-electron chi connectivity index (χ0n) is 12.1. The van der Waals surface area contributed by atoms with Crippen molar-refractivity contribution in [3.8, 4) is 0 Å². The highest BCUT2D eigenvalue weighted by Gasteiger charge is 2.24. The standard InChI is InChI=1S/C18H19BrClN/c1-2-17(12-3-7-15(20)8-4-12)21-18-10-5-13-11-14(19)6-9-16(13)18/h3-4,6-9,11,17-18,21H,2,5,10H2,1H3. The molecular weight excluding hydrogens is 346 g/mol. The first-order valence-corrected chi connectivity index (χ1v) is 8.64. The van der Waals surface area contributed by atoms with E-state index in [9.17, 15) is 0 Å². The Kier molecular flexibility index (Phi) is 4.68. The molecule has 0 bridgehead atoms. The van der Waals surface area contributed by atoms with Crippen molar-refractivity contribution in [3.63, 3.8) is 0 Å². The van der Waals surface area contributed by atoms with Gasteiger partial charge in [0.2, 0.25) is 0 Å². The minimum Gasteiger partial charge on any atom is -0.303 e. The molecule has 2 atom stereocenters. The monoisotopic (exact) mass is 363 g/mol. The van der Waals surface area contributed by atoms with E-state index >= 15 is 0 Å². The summed E-state index contributed by atoms with van der Waals surface area (Å²) in [5.41, 5.74) is 4.23. The maximum atomic E-state index is 5.99. The zero-order chi connectivity index (χ0) is 14.8. The molecule has 0 saturated carbocycles. The number of rotatable bonds is 4.